The van der Waals surface area contributed by atoms with Gasteiger partial charge in [0.1, 0.15) is 0 Å². The predicted octanol–water partition coefficient (Wildman–Crippen LogP) is 5.69. The molecular weight excluding hydrogens is 404 g/mol. The number of aliphatic carboxylic acids is 1. The van der Waals surface area contributed by atoms with E-state index < -0.39 is 5.97 Å². The van der Waals surface area contributed by atoms with Gasteiger partial charge >= 0.3 is 11.9 Å². The van der Waals surface area contributed by atoms with Gasteiger partial charge in [0.05, 0.1) is 13.2 Å². The summed E-state index contributed by atoms with van der Waals surface area (Å²) in [5, 5.41) is 19.3. The highest BCUT2D eigenvalue weighted by molar-refractivity contribution is 5.66. The molecule has 5 heteroatoms. The molecule has 4 rings (SSSR count). The van der Waals surface area contributed by atoms with Gasteiger partial charge in [-0.15, -0.1) is 0 Å². The zero-order valence-electron chi connectivity index (χ0n) is 20.9. The highest BCUT2D eigenvalue weighted by Gasteiger charge is 2.60. The zero-order valence-corrected chi connectivity index (χ0v) is 20.9. The fourth-order valence-corrected chi connectivity index (χ4v) is 8.76. The lowest BCUT2D eigenvalue weighted by Crippen LogP contribution is -2.54. The Labute approximate surface area is 194 Å². The van der Waals surface area contributed by atoms with Crippen molar-refractivity contribution in [3.05, 3.63) is 0 Å². The number of rotatable bonds is 4. The Morgan fingerprint density at radius 3 is 2.25 bits per heavy atom. The number of fused-ring (bicyclic) bond motifs is 5. The molecule has 32 heavy (non-hydrogen) atoms. The van der Waals surface area contributed by atoms with Crippen molar-refractivity contribution in [2.75, 3.05) is 7.11 Å². The highest BCUT2D eigenvalue weighted by Crippen LogP contribution is 2.68. The maximum atomic E-state index is 11.0. The second-order valence-electron chi connectivity index (χ2n) is 11.9. The van der Waals surface area contributed by atoms with Gasteiger partial charge < -0.3 is 14.9 Å². The van der Waals surface area contributed by atoms with Crippen LogP contribution in [0.25, 0.3) is 0 Å². The second-order valence-corrected chi connectivity index (χ2v) is 11.9. The summed E-state index contributed by atoms with van der Waals surface area (Å²) in [5.41, 5.74) is 0.882. The third kappa shape index (κ3) is 4.88. The van der Waals surface area contributed by atoms with Crippen LogP contribution in [0.5, 0.6) is 0 Å². The number of carbonyl (C=O) groups is 2. The summed E-state index contributed by atoms with van der Waals surface area (Å²) in [6.45, 7) is 8.79. The molecule has 5 nitrogen and oxygen atoms in total. The van der Waals surface area contributed by atoms with Crippen LogP contribution in [0, 0.1) is 46.3 Å². The molecule has 0 aromatic rings. The van der Waals surface area contributed by atoms with Crippen LogP contribution >= 0.6 is 0 Å². The van der Waals surface area contributed by atoms with Crippen LogP contribution < -0.4 is 0 Å². The van der Waals surface area contributed by atoms with Crippen molar-refractivity contribution >= 4 is 11.9 Å². The Morgan fingerprint density at radius 1 is 1.00 bits per heavy atom. The van der Waals surface area contributed by atoms with Gasteiger partial charge in [0.25, 0.3) is 0 Å². The fraction of sp³-hybridized carbons (Fsp3) is 0.926. The van der Waals surface area contributed by atoms with Crippen molar-refractivity contribution < 1.29 is 24.5 Å². The van der Waals surface area contributed by atoms with E-state index in [1.807, 2.05) is 0 Å². The number of carboxylic acids is 1. The number of esters is 1. The van der Waals surface area contributed by atoms with Crippen LogP contribution in [0.3, 0.4) is 0 Å². The summed E-state index contributed by atoms with van der Waals surface area (Å²) in [6.07, 6.45) is 12.4. The van der Waals surface area contributed by atoms with Gasteiger partial charge in [0.2, 0.25) is 0 Å². The third-order valence-electron chi connectivity index (χ3n) is 10.5. The zero-order chi connectivity index (χ0) is 23.7. The van der Waals surface area contributed by atoms with Gasteiger partial charge in [-0.3, -0.25) is 9.59 Å². The fourth-order valence-electron chi connectivity index (χ4n) is 8.76. The van der Waals surface area contributed by atoms with Gasteiger partial charge in [-0.2, -0.15) is 0 Å². The topological polar surface area (TPSA) is 83.8 Å². The molecule has 4 fully saturated rings. The standard InChI is InChI=1S/C24H40O3.C3H6O2/c1-15(4-9-22(26)27)19-7-8-20-18-6-5-16-14-17(25)10-12-23(16,2)21(18)11-13-24(19,20)3;1-3(4)5-2/h15-21,25H,4-14H2,1-3H3,(H,26,27);1-2H3/t15-,16?,17-,18+,19-,20+,21+,23+,24-;/m1./s1. The lowest BCUT2D eigenvalue weighted by Gasteiger charge is -2.61. The molecule has 1 unspecified atom stereocenters. The number of carbonyl (C=O) groups excluding carboxylic acids is 1. The first-order valence-electron chi connectivity index (χ1n) is 13.0. The lowest BCUT2D eigenvalue weighted by atomic mass is 9.44. The SMILES string of the molecule is COC(C)=O.C[C@H](CCC(=O)O)[C@H]1CC[C@H]2[C@@H]3CCC4C[C@H](O)CC[C@]4(C)[C@H]3CC[C@]12C. The maximum Gasteiger partial charge on any atom is 0.303 e. The average molecular weight is 451 g/mol. The molecule has 0 spiro atoms. The molecule has 0 radical (unpaired) electrons. The molecule has 0 saturated heterocycles. The van der Waals surface area contributed by atoms with Crippen molar-refractivity contribution in [2.24, 2.45) is 46.3 Å². The first kappa shape index (κ1) is 25.5. The summed E-state index contributed by atoms with van der Waals surface area (Å²) < 4.78 is 4.11. The Balaban J connectivity index is 0.000000523. The van der Waals surface area contributed by atoms with Crippen LogP contribution in [0.1, 0.15) is 98.3 Å². The minimum atomic E-state index is -0.643. The quantitative estimate of drug-likeness (QED) is 0.538. The summed E-state index contributed by atoms with van der Waals surface area (Å²) in [4.78, 5) is 20.6. The lowest BCUT2D eigenvalue weighted by molar-refractivity contribution is -0.139. The number of hydrogen-bond donors (Lipinski definition) is 2. The van der Waals surface area contributed by atoms with Crippen molar-refractivity contribution in [1.82, 2.24) is 0 Å². The van der Waals surface area contributed by atoms with Crippen LogP contribution in [0.4, 0.5) is 0 Å². The van der Waals surface area contributed by atoms with E-state index in [1.54, 1.807) is 0 Å². The van der Waals surface area contributed by atoms with Gasteiger partial charge in [-0.25, -0.2) is 0 Å². The second kappa shape index (κ2) is 10.0. The van der Waals surface area contributed by atoms with Crippen molar-refractivity contribution in [3.8, 4) is 0 Å². The van der Waals surface area contributed by atoms with E-state index in [0.29, 0.717) is 29.1 Å². The van der Waals surface area contributed by atoms with E-state index >= 15 is 0 Å². The van der Waals surface area contributed by atoms with Gasteiger partial charge in [0.15, 0.2) is 0 Å². The van der Waals surface area contributed by atoms with Crippen LogP contribution in [-0.2, 0) is 14.3 Å². The van der Waals surface area contributed by atoms with E-state index in [4.69, 9.17) is 5.11 Å². The molecule has 0 bridgehead atoms. The van der Waals surface area contributed by atoms with E-state index in [9.17, 15) is 14.7 Å². The predicted molar refractivity (Wildman–Crippen MR) is 125 cm³/mol. The average Bonchev–Trinajstić information content (AvgIpc) is 3.10. The minimum Gasteiger partial charge on any atom is -0.481 e. The number of methoxy groups -OCH3 is 1. The molecule has 0 aliphatic heterocycles. The first-order valence-corrected chi connectivity index (χ1v) is 13.0. The van der Waals surface area contributed by atoms with E-state index in [0.717, 1.165) is 42.9 Å². The van der Waals surface area contributed by atoms with Gasteiger partial charge in [-0.05, 0) is 111 Å². The molecule has 4 aliphatic rings. The summed E-state index contributed by atoms with van der Waals surface area (Å²) in [5.74, 6) is 3.66. The summed E-state index contributed by atoms with van der Waals surface area (Å²) in [6, 6.07) is 0. The third-order valence-corrected chi connectivity index (χ3v) is 10.5. The molecule has 0 heterocycles. The normalized spacial score (nSPS) is 43.6. The largest absolute Gasteiger partial charge is 0.481 e. The molecule has 4 saturated carbocycles. The maximum absolute atomic E-state index is 11.0. The molecule has 0 aromatic carbocycles. The molecule has 184 valence electrons. The monoisotopic (exact) mass is 450 g/mol. The Bertz CT molecular complexity index is 677. The van der Waals surface area contributed by atoms with Gasteiger partial charge in [-0.1, -0.05) is 20.8 Å². The molecule has 0 amide bonds. The molecule has 4 aliphatic carbocycles. The van der Waals surface area contributed by atoms with Crippen LogP contribution in [-0.4, -0.2) is 35.4 Å². The Hall–Kier alpha value is -1.10. The Morgan fingerprint density at radius 2 is 1.62 bits per heavy atom. The van der Waals surface area contributed by atoms with Crippen molar-refractivity contribution in [1.29, 1.82) is 0 Å². The highest BCUT2D eigenvalue weighted by atomic mass is 16.5. The number of carboxylic acid groups (broad SMARTS) is 1. The van der Waals surface area contributed by atoms with Crippen molar-refractivity contribution in [2.45, 2.75) is 104 Å². The van der Waals surface area contributed by atoms with Crippen LogP contribution in [0.15, 0.2) is 0 Å². The molecule has 0 aromatic heterocycles. The van der Waals surface area contributed by atoms with E-state index in [2.05, 4.69) is 25.5 Å². The van der Waals surface area contributed by atoms with Crippen molar-refractivity contribution in [3.63, 3.8) is 0 Å². The smallest absolute Gasteiger partial charge is 0.303 e. The number of aliphatic hydroxyl groups is 1. The summed E-state index contributed by atoms with van der Waals surface area (Å²) >= 11 is 0. The number of aliphatic hydroxyl groups excluding tert-OH is 1. The van der Waals surface area contributed by atoms with Crippen LogP contribution in [0.2, 0.25) is 0 Å². The summed E-state index contributed by atoms with van der Waals surface area (Å²) in [7, 11) is 1.35. The first-order chi connectivity index (χ1) is 15.0. The number of ether oxygens (including phenoxy) is 1. The van der Waals surface area contributed by atoms with Gasteiger partial charge in [0, 0.05) is 13.3 Å². The number of hydrogen-bond acceptors (Lipinski definition) is 4. The van der Waals surface area contributed by atoms with E-state index in [-0.39, 0.29) is 12.1 Å². The minimum absolute atomic E-state index is 0.0561. The molecular formula is C27H46O5. The Kier molecular flexibility index (Phi) is 8.00. The molecule has 2 N–H and O–H groups in total. The van der Waals surface area contributed by atoms with E-state index in [1.165, 1.54) is 59.0 Å². The molecule has 9 atom stereocenters.